The minimum Gasteiger partial charge on any atom is -0.394 e. The molecule has 3 saturated carbocycles. The summed E-state index contributed by atoms with van der Waals surface area (Å²) in [5, 5.41) is 239. The fourth-order valence-corrected chi connectivity index (χ4v) is 18.5. The summed E-state index contributed by atoms with van der Waals surface area (Å²) in [6.07, 6.45) is -48.7. The van der Waals surface area contributed by atoms with Gasteiger partial charge in [-0.2, -0.15) is 0 Å². The van der Waals surface area contributed by atoms with Crippen LogP contribution in [0.1, 0.15) is 107 Å². The third-order valence-corrected chi connectivity index (χ3v) is 25.0. The smallest absolute Gasteiger partial charge is 0.187 e. The number of hydrogen-bond donors (Lipinski definition) is 22. The predicted octanol–water partition coefficient (Wildman–Crippen LogP) is -7.58. The molecule has 0 bridgehead atoms. The second-order valence-corrected chi connectivity index (χ2v) is 31.5. The Labute approximate surface area is 579 Å². The lowest BCUT2D eigenvalue weighted by Crippen LogP contribution is -2.66. The first-order valence-electron chi connectivity index (χ1n) is 35.1. The Balaban J connectivity index is 0.853. The Bertz CT molecular complexity index is 2670. The molecule has 22 N–H and O–H groups in total. The highest BCUT2D eigenvalue weighted by molar-refractivity contribution is 5.32. The van der Waals surface area contributed by atoms with Gasteiger partial charge in [0.2, 0.25) is 0 Å². The summed E-state index contributed by atoms with van der Waals surface area (Å²) in [6.45, 7) is 11.3. The normalized spacial score (nSPS) is 52.1. The number of aliphatic hydroxyl groups is 22. The van der Waals surface area contributed by atoms with Gasteiger partial charge in [-0.05, 0) is 99.7 Å². The van der Waals surface area contributed by atoms with Gasteiger partial charge in [-0.3, -0.25) is 0 Å². The average molecular weight is 1450 g/mol. The van der Waals surface area contributed by atoms with Gasteiger partial charge in [-0.15, -0.1) is 0 Å². The number of hydrogen-bond acceptors (Lipinski definition) is 34. The quantitative estimate of drug-likeness (QED) is 0.0423. The predicted molar refractivity (Wildman–Crippen MR) is 333 cm³/mol. The van der Waals surface area contributed by atoms with Crippen LogP contribution in [-0.2, 0) is 56.8 Å². The molecule has 580 valence electrons. The molecule has 6 heterocycles. The molecule has 10 rings (SSSR count). The van der Waals surface area contributed by atoms with Crippen LogP contribution in [0.2, 0.25) is 0 Å². The van der Waals surface area contributed by atoms with Gasteiger partial charge in [0.15, 0.2) is 37.7 Å². The highest BCUT2D eigenvalue weighted by Crippen LogP contribution is 2.75. The van der Waals surface area contributed by atoms with Crippen molar-refractivity contribution in [1.29, 1.82) is 0 Å². The fourth-order valence-electron chi connectivity index (χ4n) is 18.5. The molecule has 34 heteroatoms. The lowest BCUT2D eigenvalue weighted by Gasteiger charge is -2.67. The monoisotopic (exact) mass is 1450 g/mol. The van der Waals surface area contributed by atoms with Gasteiger partial charge < -0.3 is 169 Å². The number of ether oxygens (including phenoxy) is 12. The molecular weight excluding hydrogens is 1340 g/mol. The van der Waals surface area contributed by atoms with Gasteiger partial charge in [0.1, 0.15) is 146 Å². The molecule has 1 unspecified atom stereocenters. The molecule has 0 aromatic heterocycles. The Morgan fingerprint density at radius 1 is 0.460 bits per heavy atom. The highest BCUT2D eigenvalue weighted by atomic mass is 16.8. The third kappa shape index (κ3) is 14.8. The van der Waals surface area contributed by atoms with Gasteiger partial charge in [0.25, 0.3) is 0 Å². The van der Waals surface area contributed by atoms with E-state index in [1.54, 1.807) is 0 Å². The zero-order chi connectivity index (χ0) is 73.5. The van der Waals surface area contributed by atoms with Gasteiger partial charge in [0, 0.05) is 10.8 Å². The van der Waals surface area contributed by atoms with Crippen molar-refractivity contribution < 1.29 is 169 Å². The van der Waals surface area contributed by atoms with Crippen molar-refractivity contribution in [2.45, 2.75) is 315 Å². The zero-order valence-electron chi connectivity index (χ0n) is 57.6. The van der Waals surface area contributed by atoms with E-state index in [0.717, 1.165) is 18.4 Å². The lowest BCUT2D eigenvalue weighted by molar-refractivity contribution is -0.380. The SMILES string of the molecule is C[C@H](CC[C@@H](O[C@@H]1O[C@H](CO[C@@H]2O[C@H](CO)[C@@H](O)[C@H](O)[C@H]2O)[C@@H](O)[C@H](O)[C@H]1O[C@@H]1O[C@H](CO)[C@@H](O)[C@H](O)[C@H]1O)C(C)(C)O)[C@H]1CC[C@@]2(C)[C@H]3CC=C4[C@@H](CC[C@H](OC5O[C@H](CO[C@@H]6O[C@H](CO)[C@@H](O)[C@H](O)[C@H]6O)[C@@H](O)[C@H](O)[C@H]5O[C@@H]5O[C@H](CO)[C@@H](O)[C@H](O)[C@H]5O)C4(C)C)[C@]3(C)[C@H](O)C[C@]12C. The lowest BCUT2D eigenvalue weighted by atomic mass is 9.38. The van der Waals surface area contributed by atoms with Crippen molar-refractivity contribution in [3.05, 3.63) is 11.6 Å². The van der Waals surface area contributed by atoms with Crippen LogP contribution in [0.25, 0.3) is 0 Å². The fraction of sp³-hybridized carbons (Fsp3) is 0.970. The number of rotatable bonds is 23. The molecule has 4 aliphatic carbocycles. The molecule has 34 nitrogen and oxygen atoms in total. The molecule has 0 aromatic carbocycles. The summed E-state index contributed by atoms with van der Waals surface area (Å²) in [5.41, 5.74) is -3.02. The van der Waals surface area contributed by atoms with Crippen LogP contribution in [0.15, 0.2) is 11.6 Å². The maximum absolute atomic E-state index is 13.0. The van der Waals surface area contributed by atoms with E-state index in [4.69, 9.17) is 56.8 Å². The van der Waals surface area contributed by atoms with Gasteiger partial charge in [-0.1, -0.05) is 53.2 Å². The van der Waals surface area contributed by atoms with Gasteiger partial charge in [0.05, 0.1) is 63.6 Å². The van der Waals surface area contributed by atoms with Gasteiger partial charge in [-0.25, -0.2) is 0 Å². The van der Waals surface area contributed by atoms with E-state index < -0.39 is 264 Å². The minimum absolute atomic E-state index is 0.00756. The molecule has 100 heavy (non-hydrogen) atoms. The summed E-state index contributed by atoms with van der Waals surface area (Å²) in [7, 11) is 0. The molecule has 0 spiro atoms. The van der Waals surface area contributed by atoms with E-state index in [1.165, 1.54) is 13.8 Å². The van der Waals surface area contributed by atoms with Crippen LogP contribution in [0.3, 0.4) is 0 Å². The van der Waals surface area contributed by atoms with Crippen LogP contribution in [0.4, 0.5) is 0 Å². The van der Waals surface area contributed by atoms with Crippen LogP contribution < -0.4 is 0 Å². The maximum Gasteiger partial charge on any atom is 0.187 e. The van der Waals surface area contributed by atoms with Crippen LogP contribution >= 0.6 is 0 Å². The standard InChI is InChI=1S/C66H112O34/c1-24(9-13-37(63(4,5)88)98-61-55(100-59-53(87)47(81)41(75)31(21-70)94-59)49(83)43(77)33(96-61)23-90-57-51(85)45(79)39(73)29(19-68)92-57)25-15-16-64(6)34-12-10-26-27(66(34,8)35(71)17-65(25,64)7)11-14-36(62(26,2)3)97-60-54(99-58-52(86)46(80)40(74)30(20-69)93-58)48(82)42(76)32(95-60)22-89-56-50(84)44(78)38(72)28(18-67)91-56/h10,24-25,27-61,67-88H,9,11-23H2,1-8H3/t24-,25-,27-,28-,29-,30-,31-,32-,33-,34-,35-,36+,37-,38-,39-,40-,41-,42-,43-,44+,45+,46+,47+,48+,49+,50-,51-,52-,53-,54-,55-,56-,57-,58+,59+,60?,61+,64+,65-,66+/m1/s1. The molecule has 9 fully saturated rings. The van der Waals surface area contributed by atoms with E-state index >= 15 is 0 Å². The number of fused-ring (bicyclic) bond motifs is 5. The van der Waals surface area contributed by atoms with E-state index in [-0.39, 0.29) is 35.5 Å². The van der Waals surface area contributed by atoms with Crippen molar-refractivity contribution in [2.24, 2.45) is 45.3 Å². The topological polar surface area (TPSA) is 556 Å². The molecule has 0 aromatic rings. The third-order valence-electron chi connectivity index (χ3n) is 25.0. The van der Waals surface area contributed by atoms with Gasteiger partial charge >= 0.3 is 0 Å². The summed E-state index contributed by atoms with van der Waals surface area (Å²) >= 11 is 0. The van der Waals surface area contributed by atoms with E-state index in [9.17, 15) is 112 Å². The Kier molecular flexibility index (Phi) is 25.5. The molecule has 0 radical (unpaired) electrons. The van der Waals surface area contributed by atoms with E-state index in [1.807, 2.05) is 13.8 Å². The Hall–Kier alpha value is -1.62. The largest absolute Gasteiger partial charge is 0.394 e. The van der Waals surface area contributed by atoms with Crippen LogP contribution in [0.5, 0.6) is 0 Å². The second-order valence-electron chi connectivity index (χ2n) is 31.5. The van der Waals surface area contributed by atoms with Crippen molar-refractivity contribution in [2.75, 3.05) is 39.6 Å². The summed E-state index contributed by atoms with van der Waals surface area (Å²) in [4.78, 5) is 0. The summed E-state index contributed by atoms with van der Waals surface area (Å²) in [6, 6.07) is 0. The molecule has 6 aliphatic heterocycles. The second kappa shape index (κ2) is 31.5. The molecule has 0 amide bonds. The molecular formula is C66H112O34. The first-order chi connectivity index (χ1) is 46.9. The molecule has 6 saturated heterocycles. The summed E-state index contributed by atoms with van der Waals surface area (Å²) in [5.74, 6) is -0.322. The Morgan fingerprint density at radius 2 is 0.860 bits per heavy atom. The first kappa shape index (κ1) is 80.9. The van der Waals surface area contributed by atoms with Crippen molar-refractivity contribution in [1.82, 2.24) is 0 Å². The zero-order valence-corrected chi connectivity index (χ0v) is 57.6. The van der Waals surface area contributed by atoms with Crippen LogP contribution in [0, 0.1) is 45.3 Å². The summed E-state index contributed by atoms with van der Waals surface area (Å²) < 4.78 is 72.0. The molecule has 40 atom stereocenters. The van der Waals surface area contributed by atoms with Crippen LogP contribution in [-0.4, -0.2) is 360 Å². The minimum atomic E-state index is -1.99. The molecule has 10 aliphatic rings. The maximum atomic E-state index is 13.0. The van der Waals surface area contributed by atoms with E-state index in [0.29, 0.717) is 32.1 Å². The van der Waals surface area contributed by atoms with Crippen molar-refractivity contribution >= 4 is 0 Å². The Morgan fingerprint density at radius 3 is 1.30 bits per heavy atom. The number of aliphatic hydroxyl groups excluding tert-OH is 21. The highest BCUT2D eigenvalue weighted by Gasteiger charge is 2.71. The first-order valence-corrected chi connectivity index (χ1v) is 35.1. The average Bonchev–Trinajstić information content (AvgIpc) is 1.33. The van der Waals surface area contributed by atoms with Crippen molar-refractivity contribution in [3.8, 4) is 0 Å². The number of allylic oxidation sites excluding steroid dienone is 1. The van der Waals surface area contributed by atoms with E-state index in [2.05, 4.69) is 33.8 Å². The van der Waals surface area contributed by atoms with Crippen molar-refractivity contribution in [3.63, 3.8) is 0 Å².